The number of methoxy groups -OCH3 is 3. The highest BCUT2D eigenvalue weighted by molar-refractivity contribution is 6.35. The Bertz CT molecular complexity index is 1830. The largest absolute Gasteiger partial charge is 0.507 e. The molecule has 50 heavy (non-hydrogen) atoms. The minimum absolute atomic E-state index is 0.0100. The van der Waals surface area contributed by atoms with Crippen molar-refractivity contribution in [3.05, 3.63) is 51.7 Å². The van der Waals surface area contributed by atoms with E-state index in [4.69, 9.17) is 30.5 Å². The predicted molar refractivity (Wildman–Crippen MR) is 180 cm³/mol. The Morgan fingerprint density at radius 2 is 1.78 bits per heavy atom. The number of rotatable bonds is 7. The molecule has 0 radical (unpaired) electrons. The van der Waals surface area contributed by atoms with E-state index in [1.54, 1.807) is 13.0 Å². The molecule has 2 N–H and O–H groups in total. The lowest BCUT2D eigenvalue weighted by Gasteiger charge is -2.52. The fourth-order valence-electron chi connectivity index (χ4n) is 8.95. The first-order chi connectivity index (χ1) is 23.9. The smallest absolute Gasteiger partial charge is 0.231 e. The minimum Gasteiger partial charge on any atom is -0.507 e. The second-order valence-electron chi connectivity index (χ2n) is 14.1. The van der Waals surface area contributed by atoms with Crippen LogP contribution in [0.5, 0.6) is 28.7 Å². The molecule has 6 atom stereocenters. The third-order valence-corrected chi connectivity index (χ3v) is 11.7. The first-order valence-electron chi connectivity index (χ1n) is 17.0. The van der Waals surface area contributed by atoms with Crippen LogP contribution < -0.4 is 18.9 Å². The van der Waals surface area contributed by atoms with Crippen LogP contribution in [0, 0.1) is 17.8 Å². The number of ketones is 2. The minimum atomic E-state index is -2.03. The van der Waals surface area contributed by atoms with E-state index in [9.17, 15) is 29.4 Å². The molecule has 1 spiro atoms. The molecule has 0 aromatic heterocycles. The number of ether oxygens (including phenoxy) is 4. The summed E-state index contributed by atoms with van der Waals surface area (Å²) in [5.74, 6) is -3.03. The fourth-order valence-corrected chi connectivity index (χ4v) is 9.22. The number of aliphatic hydroxyl groups excluding tert-OH is 1. The number of phenols is 1. The number of fused-ring (bicyclic) bond motifs is 5. The lowest BCUT2D eigenvalue weighted by Crippen LogP contribution is -2.61. The van der Waals surface area contributed by atoms with Gasteiger partial charge in [0.2, 0.25) is 23.2 Å². The van der Waals surface area contributed by atoms with Gasteiger partial charge < -0.3 is 39.0 Å². The monoisotopic (exact) mass is 708 g/mol. The summed E-state index contributed by atoms with van der Waals surface area (Å²) in [4.78, 5) is 59.4. The second kappa shape index (κ2) is 12.7. The molecule has 2 aromatic carbocycles. The molecule has 7 rings (SSSR count). The molecule has 0 saturated carbocycles. The number of carbonyl (C=O) groups excluding carboxylic acids is 4. The van der Waals surface area contributed by atoms with E-state index in [0.717, 1.165) is 19.3 Å². The standard InChI is InChI=1S/C37H41ClN2O10/c1-18-10-25(42)31(35(45)37(18)36(46)32-27(48-3)14-28(49-4)33(38)34(32)50-37)22(20-8-9-24(41)26(12-20)47-2)13-30(44)39-15-19-11-21(17-39)23-6-5-7-29(43)40(23)16-19/h8-9,12,14,18-19,21-23,41,45H,5-7,10-11,13,15-17H2,1-4H3. The van der Waals surface area contributed by atoms with Gasteiger partial charge in [-0.1, -0.05) is 24.6 Å². The maximum absolute atomic E-state index is 14.4. The third kappa shape index (κ3) is 5.17. The maximum atomic E-state index is 14.4. The Morgan fingerprint density at radius 1 is 1.04 bits per heavy atom. The number of allylic oxidation sites excluding steroid dienone is 1. The zero-order valence-corrected chi connectivity index (χ0v) is 29.2. The van der Waals surface area contributed by atoms with Crippen molar-refractivity contribution in [1.82, 2.24) is 9.80 Å². The number of halogens is 1. The molecule has 2 amide bonds. The molecule has 3 fully saturated rings. The number of nitrogens with zero attached hydrogens (tertiary/aromatic N) is 2. The maximum Gasteiger partial charge on any atom is 0.231 e. The van der Waals surface area contributed by atoms with Gasteiger partial charge in [0.1, 0.15) is 22.1 Å². The zero-order valence-electron chi connectivity index (χ0n) is 28.5. The highest BCUT2D eigenvalue weighted by Gasteiger charge is 2.61. The van der Waals surface area contributed by atoms with Crippen molar-refractivity contribution in [2.75, 3.05) is 41.0 Å². The summed E-state index contributed by atoms with van der Waals surface area (Å²) in [5, 5.41) is 22.7. The van der Waals surface area contributed by atoms with Crippen LogP contribution in [-0.4, -0.2) is 96.0 Å². The van der Waals surface area contributed by atoms with Gasteiger partial charge in [0.15, 0.2) is 28.8 Å². The molecule has 266 valence electrons. The Balaban J connectivity index is 1.30. The van der Waals surface area contributed by atoms with Crippen LogP contribution in [0.3, 0.4) is 0 Å². The number of hydrogen-bond donors (Lipinski definition) is 2. The van der Waals surface area contributed by atoms with Gasteiger partial charge in [-0.2, -0.15) is 0 Å². The number of hydrogen-bond acceptors (Lipinski definition) is 10. The number of amides is 2. The molecule has 6 unspecified atom stereocenters. The first-order valence-corrected chi connectivity index (χ1v) is 17.4. The van der Waals surface area contributed by atoms with Crippen molar-refractivity contribution in [2.24, 2.45) is 17.8 Å². The van der Waals surface area contributed by atoms with Crippen LogP contribution in [0.4, 0.5) is 0 Å². The lowest BCUT2D eigenvalue weighted by molar-refractivity contribution is -0.148. The van der Waals surface area contributed by atoms with Gasteiger partial charge in [-0.25, -0.2) is 0 Å². The third-order valence-electron chi connectivity index (χ3n) is 11.4. The highest BCUT2D eigenvalue weighted by Crippen LogP contribution is 2.56. The normalized spacial score (nSPS) is 27.9. The highest BCUT2D eigenvalue weighted by atomic mass is 35.5. The Labute approximate surface area is 294 Å². The van der Waals surface area contributed by atoms with E-state index in [1.807, 2.05) is 9.80 Å². The molecular formula is C37H41ClN2O10. The van der Waals surface area contributed by atoms with E-state index < -0.39 is 34.8 Å². The van der Waals surface area contributed by atoms with Gasteiger partial charge in [-0.3, -0.25) is 19.2 Å². The molecule has 4 aliphatic heterocycles. The summed E-state index contributed by atoms with van der Waals surface area (Å²) >= 11 is 6.63. The summed E-state index contributed by atoms with van der Waals surface area (Å²) in [6.45, 7) is 3.20. The number of Topliss-reactive ketones (excluding diaryl/α,β-unsaturated/α-hetero) is 2. The van der Waals surface area contributed by atoms with Gasteiger partial charge in [0, 0.05) is 68.4 Å². The topological polar surface area (TPSA) is 152 Å². The number of carbonyl (C=O) groups is 4. The average Bonchev–Trinajstić information content (AvgIpc) is 3.42. The van der Waals surface area contributed by atoms with Crippen LogP contribution in [-0.2, 0) is 14.4 Å². The number of aromatic hydroxyl groups is 1. The Morgan fingerprint density at radius 3 is 2.50 bits per heavy atom. The summed E-state index contributed by atoms with van der Waals surface area (Å²) in [6.07, 6.45) is 2.87. The van der Waals surface area contributed by atoms with E-state index in [-0.39, 0.29) is 87.4 Å². The van der Waals surface area contributed by atoms with Gasteiger partial charge in [-0.05, 0) is 48.8 Å². The number of benzene rings is 2. The molecule has 1 aliphatic carbocycles. The summed E-state index contributed by atoms with van der Waals surface area (Å²) in [5.41, 5.74) is -1.72. The van der Waals surface area contributed by atoms with Crippen molar-refractivity contribution < 1.29 is 48.3 Å². The van der Waals surface area contributed by atoms with E-state index in [0.29, 0.717) is 31.6 Å². The van der Waals surface area contributed by atoms with E-state index in [1.165, 1.54) is 39.5 Å². The first kappa shape index (κ1) is 34.0. The average molecular weight is 709 g/mol. The second-order valence-corrected chi connectivity index (χ2v) is 14.5. The van der Waals surface area contributed by atoms with Crippen LogP contribution in [0.25, 0.3) is 0 Å². The van der Waals surface area contributed by atoms with Crippen LogP contribution in [0.2, 0.25) is 5.02 Å². The predicted octanol–water partition coefficient (Wildman–Crippen LogP) is 4.84. The zero-order chi connectivity index (χ0) is 35.6. The van der Waals surface area contributed by atoms with E-state index in [2.05, 4.69) is 0 Å². The molecule has 12 nitrogen and oxygen atoms in total. The number of phenolic OH excluding ortho intramolecular Hbond substituents is 1. The van der Waals surface area contributed by atoms with Gasteiger partial charge in [0.25, 0.3) is 0 Å². The van der Waals surface area contributed by atoms with Crippen molar-refractivity contribution in [1.29, 1.82) is 0 Å². The van der Waals surface area contributed by atoms with E-state index >= 15 is 0 Å². The Kier molecular flexibility index (Phi) is 8.64. The number of aliphatic hydroxyl groups is 1. The quantitative estimate of drug-likeness (QED) is 0.409. The summed E-state index contributed by atoms with van der Waals surface area (Å²) in [7, 11) is 4.18. The van der Waals surface area contributed by atoms with Crippen LogP contribution >= 0.6 is 11.6 Å². The molecule has 13 heteroatoms. The SMILES string of the molecule is COc1cc(C(CC(=O)N2CC3CC(C2)C2CCCC(=O)N2C3)C2=C(O)C3(Oc4c(Cl)c(OC)cc(OC)c4C3=O)C(C)CC2=O)ccc1O. The van der Waals surface area contributed by atoms with Gasteiger partial charge in [0.05, 0.1) is 21.3 Å². The number of likely N-dealkylation sites (tertiary alicyclic amines) is 1. The number of piperidine rings is 3. The van der Waals surface area contributed by atoms with Crippen molar-refractivity contribution in [3.63, 3.8) is 0 Å². The molecule has 4 heterocycles. The van der Waals surface area contributed by atoms with Crippen molar-refractivity contribution in [3.8, 4) is 28.7 Å². The molecule has 2 aromatic rings. The van der Waals surface area contributed by atoms with Gasteiger partial charge >= 0.3 is 0 Å². The van der Waals surface area contributed by atoms with Crippen molar-refractivity contribution >= 4 is 35.0 Å². The lowest BCUT2D eigenvalue weighted by atomic mass is 9.69. The van der Waals surface area contributed by atoms with Crippen molar-refractivity contribution in [2.45, 2.75) is 63.0 Å². The van der Waals surface area contributed by atoms with Crippen LogP contribution in [0.1, 0.15) is 67.3 Å². The Hall–Kier alpha value is -4.45. The fraction of sp³-hybridized carbons (Fsp3) is 0.514. The molecule has 5 aliphatic rings. The molecule has 2 bridgehead atoms. The molecule has 3 saturated heterocycles. The van der Waals surface area contributed by atoms with Gasteiger partial charge in [-0.15, -0.1) is 0 Å². The summed E-state index contributed by atoms with van der Waals surface area (Å²) in [6, 6.07) is 6.06. The summed E-state index contributed by atoms with van der Waals surface area (Å²) < 4.78 is 22.6. The van der Waals surface area contributed by atoms with Crippen LogP contribution in [0.15, 0.2) is 35.6 Å². The molecular weight excluding hydrogens is 668 g/mol.